The van der Waals surface area contributed by atoms with Gasteiger partial charge in [-0.25, -0.2) is 0 Å². The number of carbonyl (C=O) groups is 1. The van der Waals surface area contributed by atoms with E-state index < -0.39 is 11.5 Å². The largest absolute Gasteiger partial charge is 0.435 e. The molecule has 4 rings (SSSR count). The Kier molecular flexibility index (Phi) is 7.21. The zero-order valence-electron chi connectivity index (χ0n) is 17.7. The van der Waals surface area contributed by atoms with Crippen LogP contribution >= 0.6 is 11.8 Å². The molecular weight excluding hydrogens is 472 g/mol. The Morgan fingerprint density at radius 3 is 2.38 bits per heavy atom. The molecule has 1 aliphatic rings. The zero-order chi connectivity index (χ0) is 24.1. The molecule has 2 aromatic carbocycles. The SMILES string of the molecule is O=C(CSc1nnc(-c2ccc(OC(F)F)cc2)o1)N1CCN(c2ccc([N+](=O)[O-])cc2)CC1. The highest BCUT2D eigenvalue weighted by molar-refractivity contribution is 7.99. The van der Waals surface area contributed by atoms with Crippen LogP contribution in [0.5, 0.6) is 5.75 Å². The summed E-state index contributed by atoms with van der Waals surface area (Å²) < 4.78 is 34.4. The fraction of sp³-hybridized carbons (Fsp3) is 0.286. The molecule has 0 spiro atoms. The van der Waals surface area contributed by atoms with Crippen molar-refractivity contribution in [3.8, 4) is 17.2 Å². The van der Waals surface area contributed by atoms with Gasteiger partial charge in [0, 0.05) is 49.6 Å². The third-order valence-electron chi connectivity index (χ3n) is 5.11. The van der Waals surface area contributed by atoms with E-state index in [4.69, 9.17) is 4.42 Å². The molecule has 1 amide bonds. The third-order valence-corrected chi connectivity index (χ3v) is 5.91. The molecule has 178 valence electrons. The summed E-state index contributed by atoms with van der Waals surface area (Å²) in [5.74, 6) is 0.282. The highest BCUT2D eigenvalue weighted by Crippen LogP contribution is 2.26. The second-order valence-electron chi connectivity index (χ2n) is 7.21. The first-order valence-electron chi connectivity index (χ1n) is 10.2. The van der Waals surface area contributed by atoms with E-state index in [1.54, 1.807) is 17.0 Å². The maximum atomic E-state index is 12.6. The second-order valence-corrected chi connectivity index (χ2v) is 8.13. The van der Waals surface area contributed by atoms with E-state index in [1.165, 1.54) is 36.4 Å². The van der Waals surface area contributed by atoms with Gasteiger partial charge in [0.1, 0.15) is 5.75 Å². The van der Waals surface area contributed by atoms with Crippen molar-refractivity contribution in [2.45, 2.75) is 11.8 Å². The van der Waals surface area contributed by atoms with Crippen LogP contribution in [0.4, 0.5) is 20.2 Å². The molecule has 0 atom stereocenters. The summed E-state index contributed by atoms with van der Waals surface area (Å²) in [5, 5.41) is 18.9. The van der Waals surface area contributed by atoms with Gasteiger partial charge in [0.2, 0.25) is 11.8 Å². The summed E-state index contributed by atoms with van der Waals surface area (Å²) in [4.78, 5) is 26.8. The number of aromatic nitrogens is 2. The highest BCUT2D eigenvalue weighted by Gasteiger charge is 2.22. The minimum absolute atomic E-state index is 0.0205. The minimum atomic E-state index is -2.90. The van der Waals surface area contributed by atoms with Crippen molar-refractivity contribution in [2.75, 3.05) is 36.8 Å². The summed E-state index contributed by atoms with van der Waals surface area (Å²) in [6.45, 7) is -0.620. The molecule has 3 aromatic rings. The number of benzene rings is 2. The van der Waals surface area contributed by atoms with Gasteiger partial charge < -0.3 is 19.0 Å². The predicted octanol–water partition coefficient (Wildman–Crippen LogP) is 3.69. The molecule has 10 nitrogen and oxygen atoms in total. The summed E-state index contributed by atoms with van der Waals surface area (Å²) in [6.07, 6.45) is 0. The quantitative estimate of drug-likeness (QED) is 0.264. The molecule has 1 aliphatic heterocycles. The number of thioether (sulfide) groups is 1. The summed E-state index contributed by atoms with van der Waals surface area (Å²) in [5.41, 5.74) is 1.45. The molecule has 0 unspecified atom stereocenters. The molecule has 13 heteroatoms. The van der Waals surface area contributed by atoms with Crippen LogP contribution < -0.4 is 9.64 Å². The van der Waals surface area contributed by atoms with Gasteiger partial charge >= 0.3 is 6.61 Å². The Bertz CT molecular complexity index is 1140. The Morgan fingerprint density at radius 1 is 1.09 bits per heavy atom. The Morgan fingerprint density at radius 2 is 1.76 bits per heavy atom. The van der Waals surface area contributed by atoms with Crippen molar-refractivity contribution in [3.05, 3.63) is 58.6 Å². The molecule has 1 saturated heterocycles. The lowest BCUT2D eigenvalue weighted by Gasteiger charge is -2.36. The van der Waals surface area contributed by atoms with Crippen LogP contribution in [0.2, 0.25) is 0 Å². The first-order valence-corrected chi connectivity index (χ1v) is 11.2. The number of piperazine rings is 1. The van der Waals surface area contributed by atoms with Crippen LogP contribution in [0, 0.1) is 10.1 Å². The summed E-state index contributed by atoms with van der Waals surface area (Å²) >= 11 is 1.12. The van der Waals surface area contributed by atoms with Crippen molar-refractivity contribution in [1.29, 1.82) is 0 Å². The number of nitro groups is 1. The van der Waals surface area contributed by atoms with Crippen molar-refractivity contribution in [3.63, 3.8) is 0 Å². The van der Waals surface area contributed by atoms with Crippen LogP contribution in [0.3, 0.4) is 0 Å². The smallest absolute Gasteiger partial charge is 0.387 e. The fourth-order valence-electron chi connectivity index (χ4n) is 3.38. The van der Waals surface area contributed by atoms with Crippen LogP contribution in [0.1, 0.15) is 0 Å². The number of alkyl halides is 2. The molecule has 0 radical (unpaired) electrons. The minimum Gasteiger partial charge on any atom is -0.435 e. The van der Waals surface area contributed by atoms with Crippen molar-refractivity contribution in [1.82, 2.24) is 15.1 Å². The lowest BCUT2D eigenvalue weighted by Crippen LogP contribution is -2.49. The number of ether oxygens (including phenoxy) is 1. The van der Waals surface area contributed by atoms with Gasteiger partial charge in [0.15, 0.2) is 0 Å². The molecule has 1 aromatic heterocycles. The molecule has 0 aliphatic carbocycles. The number of rotatable bonds is 8. The van der Waals surface area contributed by atoms with Gasteiger partial charge in [-0.3, -0.25) is 14.9 Å². The maximum Gasteiger partial charge on any atom is 0.387 e. The summed E-state index contributed by atoms with van der Waals surface area (Å²) in [6, 6.07) is 12.1. The lowest BCUT2D eigenvalue weighted by molar-refractivity contribution is -0.384. The van der Waals surface area contributed by atoms with Gasteiger partial charge in [-0.05, 0) is 36.4 Å². The van der Waals surface area contributed by atoms with E-state index in [-0.39, 0.29) is 34.2 Å². The monoisotopic (exact) mass is 491 g/mol. The van der Waals surface area contributed by atoms with Crippen LogP contribution in [0.25, 0.3) is 11.5 Å². The number of anilines is 1. The third kappa shape index (κ3) is 5.78. The highest BCUT2D eigenvalue weighted by atomic mass is 32.2. The first kappa shape index (κ1) is 23.4. The van der Waals surface area contributed by atoms with Gasteiger partial charge in [0.25, 0.3) is 10.9 Å². The average molecular weight is 491 g/mol. The normalized spacial score (nSPS) is 13.9. The Hall–Kier alpha value is -3.74. The van der Waals surface area contributed by atoms with E-state index in [1.807, 2.05) is 0 Å². The van der Waals surface area contributed by atoms with Gasteiger partial charge in [-0.1, -0.05) is 11.8 Å². The molecule has 1 fully saturated rings. The van der Waals surface area contributed by atoms with E-state index in [0.29, 0.717) is 31.7 Å². The number of carbonyl (C=O) groups excluding carboxylic acids is 1. The molecule has 0 N–H and O–H groups in total. The number of hydrogen-bond acceptors (Lipinski definition) is 9. The molecular formula is C21H19F2N5O5S. The van der Waals surface area contributed by atoms with Crippen molar-refractivity contribution in [2.24, 2.45) is 0 Å². The van der Waals surface area contributed by atoms with Crippen molar-refractivity contribution < 1.29 is 27.7 Å². The number of amides is 1. The topological polar surface area (TPSA) is 115 Å². The number of nitro benzene ring substituents is 1. The Labute approximate surface area is 196 Å². The number of halogens is 2. The van der Waals surface area contributed by atoms with Crippen LogP contribution in [-0.4, -0.2) is 64.5 Å². The number of non-ortho nitro benzene ring substituents is 1. The molecule has 0 saturated carbocycles. The standard InChI is InChI=1S/C21H19F2N5O5S/c22-20(23)32-17-7-1-14(2-8-17)19-24-25-21(33-19)34-13-18(29)27-11-9-26(10-12-27)15-3-5-16(6-4-15)28(30)31/h1-8,20H,9-13H2. The first-order chi connectivity index (χ1) is 16.4. The van der Waals surface area contributed by atoms with Crippen LogP contribution in [-0.2, 0) is 4.79 Å². The van der Waals surface area contributed by atoms with Gasteiger partial charge in [0.05, 0.1) is 10.7 Å². The molecule has 0 bridgehead atoms. The zero-order valence-corrected chi connectivity index (χ0v) is 18.5. The average Bonchev–Trinajstić information content (AvgIpc) is 3.32. The van der Waals surface area contributed by atoms with E-state index in [2.05, 4.69) is 19.8 Å². The molecule has 34 heavy (non-hydrogen) atoms. The number of nitrogens with zero attached hydrogens (tertiary/aromatic N) is 5. The second kappa shape index (κ2) is 10.5. The van der Waals surface area contributed by atoms with E-state index in [9.17, 15) is 23.7 Å². The van der Waals surface area contributed by atoms with Gasteiger partial charge in [-0.15, -0.1) is 10.2 Å². The lowest BCUT2D eigenvalue weighted by atomic mass is 10.2. The van der Waals surface area contributed by atoms with Gasteiger partial charge in [-0.2, -0.15) is 8.78 Å². The number of hydrogen-bond donors (Lipinski definition) is 0. The Balaban J connectivity index is 1.25. The fourth-order valence-corrected chi connectivity index (χ4v) is 4.04. The van der Waals surface area contributed by atoms with Crippen molar-refractivity contribution >= 4 is 29.0 Å². The molecule has 2 heterocycles. The summed E-state index contributed by atoms with van der Waals surface area (Å²) in [7, 11) is 0. The predicted molar refractivity (Wildman–Crippen MR) is 119 cm³/mol. The van der Waals surface area contributed by atoms with Crippen LogP contribution in [0.15, 0.2) is 58.2 Å². The maximum absolute atomic E-state index is 12.6. The van der Waals surface area contributed by atoms with E-state index >= 15 is 0 Å². The van der Waals surface area contributed by atoms with E-state index in [0.717, 1.165) is 17.4 Å².